The van der Waals surface area contributed by atoms with E-state index in [1.807, 2.05) is 0 Å². The molecule has 0 radical (unpaired) electrons. The third-order valence-electron chi connectivity index (χ3n) is 3.56. The Balaban J connectivity index is 1.76. The van der Waals surface area contributed by atoms with Gasteiger partial charge in [0.1, 0.15) is 5.56 Å². The predicted octanol–water partition coefficient (Wildman–Crippen LogP) is 2.43. The highest BCUT2D eigenvalue weighted by Crippen LogP contribution is 2.20. The molecule has 0 bridgehead atoms. The number of benzene rings is 1. The van der Waals surface area contributed by atoms with E-state index in [4.69, 9.17) is 16.3 Å². The van der Waals surface area contributed by atoms with Gasteiger partial charge < -0.3 is 4.74 Å². The summed E-state index contributed by atoms with van der Waals surface area (Å²) in [6, 6.07) is 6.27. The van der Waals surface area contributed by atoms with Gasteiger partial charge in [-0.25, -0.2) is 9.78 Å². The van der Waals surface area contributed by atoms with Gasteiger partial charge in [-0.2, -0.15) is 0 Å². The number of hydrogen-bond donors (Lipinski definition) is 0. The third kappa shape index (κ3) is 3.22. The van der Waals surface area contributed by atoms with Crippen LogP contribution in [0.15, 0.2) is 40.4 Å². The second kappa shape index (κ2) is 6.78. The van der Waals surface area contributed by atoms with E-state index in [2.05, 4.69) is 4.98 Å². The highest BCUT2D eigenvalue weighted by atomic mass is 35.5. The summed E-state index contributed by atoms with van der Waals surface area (Å²) in [5, 5.41) is 1.09. The average molecular weight is 365 g/mol. The third-order valence-corrected chi connectivity index (χ3v) is 4.78. The standard InChI is InChI=1S/C16H13ClN2O4S/c1-9(13(20)10-2-4-11(17)5-3-10)23-15(22)12-8-18-16-19(14(12)21)6-7-24-16/h2-5,8-9H,6-7H2,1H3. The molecule has 1 atom stereocenters. The van der Waals surface area contributed by atoms with E-state index in [0.29, 0.717) is 22.3 Å². The van der Waals surface area contributed by atoms with Crippen molar-refractivity contribution in [2.24, 2.45) is 0 Å². The van der Waals surface area contributed by atoms with Crippen LogP contribution in [0, 0.1) is 0 Å². The predicted molar refractivity (Wildman–Crippen MR) is 89.9 cm³/mol. The molecule has 8 heteroatoms. The van der Waals surface area contributed by atoms with Crippen LogP contribution in [-0.4, -0.2) is 33.2 Å². The zero-order valence-electron chi connectivity index (χ0n) is 12.7. The van der Waals surface area contributed by atoms with E-state index in [0.717, 1.165) is 5.75 Å². The molecule has 1 aliphatic heterocycles. The molecule has 24 heavy (non-hydrogen) atoms. The first-order valence-corrected chi connectivity index (χ1v) is 8.57. The molecule has 0 amide bonds. The van der Waals surface area contributed by atoms with Crippen LogP contribution in [0.5, 0.6) is 0 Å². The van der Waals surface area contributed by atoms with E-state index in [-0.39, 0.29) is 11.3 Å². The van der Waals surface area contributed by atoms with Gasteiger partial charge in [0.2, 0.25) is 5.78 Å². The molecule has 6 nitrogen and oxygen atoms in total. The van der Waals surface area contributed by atoms with Crippen molar-refractivity contribution in [1.29, 1.82) is 0 Å². The molecular weight excluding hydrogens is 352 g/mol. The van der Waals surface area contributed by atoms with Crippen molar-refractivity contribution in [1.82, 2.24) is 9.55 Å². The van der Waals surface area contributed by atoms with Crippen molar-refractivity contribution < 1.29 is 14.3 Å². The molecule has 124 valence electrons. The number of thioether (sulfide) groups is 1. The molecule has 2 heterocycles. The minimum atomic E-state index is -1.02. The Bertz CT molecular complexity index is 863. The molecule has 1 aromatic heterocycles. The number of aromatic nitrogens is 2. The lowest BCUT2D eigenvalue weighted by atomic mass is 10.1. The Morgan fingerprint density at radius 3 is 2.75 bits per heavy atom. The van der Waals surface area contributed by atoms with Crippen molar-refractivity contribution in [3.8, 4) is 0 Å². The summed E-state index contributed by atoms with van der Waals surface area (Å²) in [6.07, 6.45) is 0.180. The highest BCUT2D eigenvalue weighted by Gasteiger charge is 2.25. The van der Waals surface area contributed by atoms with Gasteiger partial charge in [0.15, 0.2) is 11.3 Å². The molecule has 0 spiro atoms. The first kappa shape index (κ1) is 16.7. The van der Waals surface area contributed by atoms with Gasteiger partial charge in [-0.1, -0.05) is 23.4 Å². The maximum Gasteiger partial charge on any atom is 0.346 e. The zero-order chi connectivity index (χ0) is 17.3. The van der Waals surface area contributed by atoms with Gasteiger partial charge in [0.25, 0.3) is 5.56 Å². The van der Waals surface area contributed by atoms with Gasteiger partial charge in [-0.15, -0.1) is 0 Å². The lowest BCUT2D eigenvalue weighted by Gasteiger charge is -2.12. The van der Waals surface area contributed by atoms with E-state index in [9.17, 15) is 14.4 Å². The number of carbonyl (C=O) groups excluding carboxylic acids is 2. The van der Waals surface area contributed by atoms with Crippen molar-refractivity contribution in [3.05, 3.63) is 57.0 Å². The first-order valence-electron chi connectivity index (χ1n) is 7.21. The molecule has 1 aromatic carbocycles. The van der Waals surface area contributed by atoms with E-state index >= 15 is 0 Å². The Hall–Kier alpha value is -2.12. The molecule has 1 aliphatic rings. The highest BCUT2D eigenvalue weighted by molar-refractivity contribution is 7.99. The molecule has 3 rings (SSSR count). The lowest BCUT2D eigenvalue weighted by molar-refractivity contribution is 0.0315. The van der Waals surface area contributed by atoms with E-state index in [1.165, 1.54) is 29.4 Å². The monoisotopic (exact) mass is 364 g/mol. The van der Waals surface area contributed by atoms with Crippen LogP contribution in [0.3, 0.4) is 0 Å². The minimum Gasteiger partial charge on any atom is -0.450 e. The fourth-order valence-electron chi connectivity index (χ4n) is 2.28. The van der Waals surface area contributed by atoms with Crippen LogP contribution in [0.2, 0.25) is 5.02 Å². The van der Waals surface area contributed by atoms with Crippen LogP contribution in [0.4, 0.5) is 0 Å². The SMILES string of the molecule is CC(OC(=O)c1cnc2n(c1=O)CCS2)C(=O)c1ccc(Cl)cc1. The lowest BCUT2D eigenvalue weighted by Crippen LogP contribution is -2.31. The van der Waals surface area contributed by atoms with Crippen molar-refractivity contribution >= 4 is 35.1 Å². The number of ether oxygens (including phenoxy) is 1. The van der Waals surface area contributed by atoms with Crippen molar-refractivity contribution in [2.75, 3.05) is 5.75 Å². The van der Waals surface area contributed by atoms with Gasteiger partial charge in [-0.05, 0) is 31.2 Å². The smallest absolute Gasteiger partial charge is 0.346 e. The normalized spacial score (nSPS) is 14.1. The zero-order valence-corrected chi connectivity index (χ0v) is 14.3. The van der Waals surface area contributed by atoms with Gasteiger partial charge in [-0.3, -0.25) is 14.2 Å². The van der Waals surface area contributed by atoms with Gasteiger partial charge in [0, 0.05) is 22.9 Å². The Kier molecular flexibility index (Phi) is 4.73. The second-order valence-electron chi connectivity index (χ2n) is 5.18. The molecule has 1 unspecified atom stereocenters. The molecule has 0 N–H and O–H groups in total. The van der Waals surface area contributed by atoms with Crippen LogP contribution in [0.1, 0.15) is 27.6 Å². The van der Waals surface area contributed by atoms with Crippen LogP contribution >= 0.6 is 23.4 Å². The molecule has 2 aromatic rings. The second-order valence-corrected chi connectivity index (χ2v) is 6.68. The maximum atomic E-state index is 12.3. The molecule has 0 aliphatic carbocycles. The number of ketones is 1. The number of rotatable bonds is 4. The fourth-order valence-corrected chi connectivity index (χ4v) is 3.32. The topological polar surface area (TPSA) is 78.3 Å². The number of hydrogen-bond acceptors (Lipinski definition) is 6. The fraction of sp³-hybridized carbons (Fsp3) is 0.250. The summed E-state index contributed by atoms with van der Waals surface area (Å²) in [4.78, 5) is 40.8. The number of nitrogens with zero attached hydrogens (tertiary/aromatic N) is 2. The number of Topliss-reactive ketones (excluding diaryl/α,β-unsaturated/α-hetero) is 1. The van der Waals surface area contributed by atoms with Crippen molar-refractivity contribution in [2.45, 2.75) is 24.7 Å². The van der Waals surface area contributed by atoms with Gasteiger partial charge in [0.05, 0.1) is 6.20 Å². The van der Waals surface area contributed by atoms with Gasteiger partial charge >= 0.3 is 5.97 Å². The van der Waals surface area contributed by atoms with E-state index < -0.39 is 17.6 Å². The summed E-state index contributed by atoms with van der Waals surface area (Å²) >= 11 is 7.24. The Morgan fingerprint density at radius 2 is 2.04 bits per heavy atom. The summed E-state index contributed by atoms with van der Waals surface area (Å²) in [5.41, 5.74) is -0.238. The summed E-state index contributed by atoms with van der Waals surface area (Å²) < 4.78 is 6.58. The van der Waals surface area contributed by atoms with E-state index in [1.54, 1.807) is 24.3 Å². The number of esters is 1. The largest absolute Gasteiger partial charge is 0.450 e. The Morgan fingerprint density at radius 1 is 1.33 bits per heavy atom. The Labute approximate surface area is 146 Å². The molecule has 0 fully saturated rings. The number of fused-ring (bicyclic) bond motifs is 1. The quantitative estimate of drug-likeness (QED) is 0.471. The average Bonchev–Trinajstić information content (AvgIpc) is 3.04. The molecule has 0 saturated heterocycles. The maximum absolute atomic E-state index is 12.3. The number of carbonyl (C=O) groups is 2. The van der Waals surface area contributed by atoms with Crippen molar-refractivity contribution in [3.63, 3.8) is 0 Å². The van der Waals surface area contributed by atoms with Crippen LogP contribution in [0.25, 0.3) is 0 Å². The minimum absolute atomic E-state index is 0.169. The molecular formula is C16H13ClN2O4S. The van der Waals surface area contributed by atoms with Crippen LogP contribution < -0.4 is 5.56 Å². The van der Waals surface area contributed by atoms with Crippen LogP contribution in [-0.2, 0) is 11.3 Å². The number of halogens is 1. The molecule has 0 saturated carbocycles. The first-order chi connectivity index (χ1) is 11.5. The summed E-state index contributed by atoms with van der Waals surface area (Å²) in [5.74, 6) is -0.481. The summed E-state index contributed by atoms with van der Waals surface area (Å²) in [7, 11) is 0. The summed E-state index contributed by atoms with van der Waals surface area (Å²) in [6.45, 7) is 1.97.